The minimum absolute atomic E-state index is 0.208. The number of benzene rings is 3. The van der Waals surface area contributed by atoms with Gasteiger partial charge in [-0.15, -0.1) is 0 Å². The second-order valence-corrected chi connectivity index (χ2v) is 7.69. The summed E-state index contributed by atoms with van der Waals surface area (Å²) in [5.41, 5.74) is 1.10. The number of rotatable bonds is 4. The van der Waals surface area contributed by atoms with Crippen LogP contribution in [0.5, 0.6) is 0 Å². The fourth-order valence-corrected chi connectivity index (χ4v) is 2.65. The van der Waals surface area contributed by atoms with Crippen molar-refractivity contribution in [2.45, 2.75) is 20.8 Å². The molecule has 0 aliphatic rings. The van der Waals surface area contributed by atoms with Crippen molar-refractivity contribution in [1.82, 2.24) is 5.32 Å². The van der Waals surface area contributed by atoms with Gasteiger partial charge < -0.3 is 10.6 Å². The lowest BCUT2D eigenvalue weighted by Gasteiger charge is -2.19. The summed E-state index contributed by atoms with van der Waals surface area (Å²) in [5.74, 6) is -0.583. The molecule has 3 aromatic carbocycles. The summed E-state index contributed by atoms with van der Waals surface area (Å²) in [6.07, 6.45) is 1.68. The van der Waals surface area contributed by atoms with Gasteiger partial charge in [0.25, 0.3) is 5.91 Å². The minimum Gasteiger partial charge on any atom is -0.321 e. The molecule has 142 valence electrons. The van der Waals surface area contributed by atoms with Crippen LogP contribution < -0.4 is 10.6 Å². The highest BCUT2D eigenvalue weighted by Crippen LogP contribution is 2.20. The number of nitrogens with one attached hydrogen (secondary N) is 2. The van der Waals surface area contributed by atoms with E-state index in [2.05, 4.69) is 10.6 Å². The molecule has 4 nitrogen and oxygen atoms in total. The van der Waals surface area contributed by atoms with Crippen LogP contribution in [-0.4, -0.2) is 11.8 Å². The van der Waals surface area contributed by atoms with E-state index in [0.29, 0.717) is 5.69 Å². The van der Waals surface area contributed by atoms with Crippen molar-refractivity contribution in [3.8, 4) is 0 Å². The van der Waals surface area contributed by atoms with E-state index in [4.69, 9.17) is 0 Å². The van der Waals surface area contributed by atoms with Crippen LogP contribution in [0.2, 0.25) is 0 Å². The summed E-state index contributed by atoms with van der Waals surface area (Å²) >= 11 is 0. The van der Waals surface area contributed by atoms with Gasteiger partial charge >= 0.3 is 0 Å². The SMILES string of the molecule is CC(C)(C)C(=O)N/C(=C/c1ccccc1)C(=O)Nc1ccc2ccccc2c1. The molecule has 0 unspecified atom stereocenters. The van der Waals surface area contributed by atoms with Crippen LogP contribution in [0, 0.1) is 5.41 Å². The number of fused-ring (bicyclic) bond motifs is 1. The second kappa shape index (κ2) is 8.09. The van der Waals surface area contributed by atoms with E-state index in [-0.39, 0.29) is 17.5 Å². The first-order chi connectivity index (χ1) is 13.3. The van der Waals surface area contributed by atoms with Crippen LogP contribution in [0.4, 0.5) is 5.69 Å². The predicted octanol–water partition coefficient (Wildman–Crippen LogP) is 4.98. The normalized spacial score (nSPS) is 11.9. The predicted molar refractivity (Wildman–Crippen MR) is 115 cm³/mol. The average molecular weight is 372 g/mol. The van der Waals surface area contributed by atoms with E-state index in [1.54, 1.807) is 6.08 Å². The first-order valence-electron chi connectivity index (χ1n) is 9.21. The Morgan fingerprint density at radius 1 is 0.821 bits per heavy atom. The maximum absolute atomic E-state index is 12.9. The largest absolute Gasteiger partial charge is 0.321 e. The van der Waals surface area contributed by atoms with Gasteiger partial charge in [-0.05, 0) is 34.5 Å². The third kappa shape index (κ3) is 4.86. The smallest absolute Gasteiger partial charge is 0.272 e. The zero-order valence-corrected chi connectivity index (χ0v) is 16.3. The van der Waals surface area contributed by atoms with Gasteiger partial charge in [0, 0.05) is 11.1 Å². The molecule has 3 aromatic rings. The lowest BCUT2D eigenvalue weighted by atomic mass is 9.95. The summed E-state index contributed by atoms with van der Waals surface area (Å²) in [6.45, 7) is 5.43. The van der Waals surface area contributed by atoms with Crippen molar-refractivity contribution in [3.05, 3.63) is 84.1 Å². The highest BCUT2D eigenvalue weighted by molar-refractivity contribution is 6.09. The highest BCUT2D eigenvalue weighted by Gasteiger charge is 2.24. The molecule has 0 aliphatic heterocycles. The number of anilines is 1. The summed E-state index contributed by atoms with van der Waals surface area (Å²) in [5, 5.41) is 7.80. The molecule has 0 bridgehead atoms. The third-order valence-corrected chi connectivity index (χ3v) is 4.29. The van der Waals surface area contributed by atoms with Gasteiger partial charge in [0.1, 0.15) is 5.70 Å². The Balaban J connectivity index is 1.88. The van der Waals surface area contributed by atoms with Gasteiger partial charge in [0.05, 0.1) is 0 Å². The number of carbonyl (C=O) groups is 2. The van der Waals surface area contributed by atoms with E-state index in [0.717, 1.165) is 16.3 Å². The Labute approximate surface area is 165 Å². The van der Waals surface area contributed by atoms with E-state index >= 15 is 0 Å². The summed E-state index contributed by atoms with van der Waals surface area (Å²) in [7, 11) is 0. The maximum atomic E-state index is 12.9. The minimum atomic E-state index is -0.612. The molecule has 0 atom stereocenters. The Morgan fingerprint density at radius 2 is 1.46 bits per heavy atom. The average Bonchev–Trinajstić information content (AvgIpc) is 2.67. The van der Waals surface area contributed by atoms with Crippen LogP contribution in [0.15, 0.2) is 78.5 Å². The number of carbonyl (C=O) groups excluding carboxylic acids is 2. The summed E-state index contributed by atoms with van der Waals surface area (Å²) < 4.78 is 0. The van der Waals surface area contributed by atoms with Gasteiger partial charge in [-0.3, -0.25) is 9.59 Å². The van der Waals surface area contributed by atoms with Gasteiger partial charge in [0.2, 0.25) is 5.91 Å². The first kappa shape index (κ1) is 19.4. The molecular formula is C24H24N2O2. The number of amides is 2. The molecule has 4 heteroatoms. The van der Waals surface area contributed by atoms with Crippen LogP contribution in [0.1, 0.15) is 26.3 Å². The van der Waals surface area contributed by atoms with E-state index in [1.807, 2.05) is 93.6 Å². The van der Waals surface area contributed by atoms with Gasteiger partial charge in [0.15, 0.2) is 0 Å². The Morgan fingerprint density at radius 3 is 2.14 bits per heavy atom. The second-order valence-electron chi connectivity index (χ2n) is 7.69. The van der Waals surface area contributed by atoms with E-state index in [1.165, 1.54) is 0 Å². The zero-order chi connectivity index (χ0) is 20.1. The Kier molecular flexibility index (Phi) is 5.59. The van der Waals surface area contributed by atoms with Crippen LogP contribution in [0.3, 0.4) is 0 Å². The molecule has 28 heavy (non-hydrogen) atoms. The van der Waals surface area contributed by atoms with Crippen molar-refractivity contribution < 1.29 is 9.59 Å². The Bertz CT molecular complexity index is 1030. The monoisotopic (exact) mass is 372 g/mol. The van der Waals surface area contributed by atoms with Gasteiger partial charge in [-0.2, -0.15) is 0 Å². The zero-order valence-electron chi connectivity index (χ0n) is 16.3. The molecule has 3 rings (SSSR count). The summed E-state index contributed by atoms with van der Waals surface area (Å²) in [6, 6.07) is 23.1. The fourth-order valence-electron chi connectivity index (χ4n) is 2.65. The highest BCUT2D eigenvalue weighted by atomic mass is 16.2. The number of hydrogen-bond acceptors (Lipinski definition) is 2. The van der Waals surface area contributed by atoms with Crippen LogP contribution >= 0.6 is 0 Å². The summed E-state index contributed by atoms with van der Waals surface area (Å²) in [4.78, 5) is 25.4. The molecular weight excluding hydrogens is 348 g/mol. The molecule has 0 aliphatic carbocycles. The van der Waals surface area contributed by atoms with Crippen molar-refractivity contribution in [3.63, 3.8) is 0 Å². The quantitative estimate of drug-likeness (QED) is 0.635. The van der Waals surface area contributed by atoms with Gasteiger partial charge in [-0.25, -0.2) is 0 Å². The first-order valence-corrected chi connectivity index (χ1v) is 9.21. The standard InChI is InChI=1S/C24H24N2O2/c1-24(2,3)23(28)26-21(15-17-9-5-4-6-10-17)22(27)25-20-14-13-18-11-7-8-12-19(18)16-20/h4-16H,1-3H3,(H,25,27)(H,26,28)/b21-15+. The molecule has 0 heterocycles. The molecule has 0 saturated carbocycles. The van der Waals surface area contributed by atoms with Crippen LogP contribution in [-0.2, 0) is 9.59 Å². The van der Waals surface area contributed by atoms with Crippen molar-refractivity contribution in [2.24, 2.45) is 5.41 Å². The lowest BCUT2D eigenvalue weighted by molar-refractivity contribution is -0.128. The molecule has 2 N–H and O–H groups in total. The molecule has 0 saturated heterocycles. The lowest BCUT2D eigenvalue weighted by Crippen LogP contribution is -2.38. The molecule has 2 amide bonds. The third-order valence-electron chi connectivity index (χ3n) is 4.29. The van der Waals surface area contributed by atoms with Crippen LogP contribution in [0.25, 0.3) is 16.8 Å². The topological polar surface area (TPSA) is 58.2 Å². The van der Waals surface area contributed by atoms with Crippen molar-refractivity contribution in [1.29, 1.82) is 0 Å². The van der Waals surface area contributed by atoms with Crippen molar-refractivity contribution >= 4 is 34.4 Å². The molecule has 0 spiro atoms. The fraction of sp³-hybridized carbons (Fsp3) is 0.167. The maximum Gasteiger partial charge on any atom is 0.272 e. The van der Waals surface area contributed by atoms with E-state index < -0.39 is 5.41 Å². The Hall–Kier alpha value is -3.40. The van der Waals surface area contributed by atoms with E-state index in [9.17, 15) is 9.59 Å². The molecule has 0 fully saturated rings. The number of hydrogen-bond donors (Lipinski definition) is 2. The molecule has 0 radical (unpaired) electrons. The van der Waals surface area contributed by atoms with Crippen molar-refractivity contribution in [2.75, 3.05) is 5.32 Å². The molecule has 0 aromatic heterocycles. The van der Waals surface area contributed by atoms with Gasteiger partial charge in [-0.1, -0.05) is 81.4 Å².